The molecule has 3 aromatic rings. The van der Waals surface area contributed by atoms with Crippen molar-refractivity contribution in [1.82, 2.24) is 8.87 Å². The van der Waals surface area contributed by atoms with Gasteiger partial charge < -0.3 is 15.4 Å². The smallest absolute Gasteiger partial charge is 0.410 e. The second-order valence-corrected chi connectivity index (χ2v) is 11.2. The van der Waals surface area contributed by atoms with E-state index in [1.54, 1.807) is 25.4 Å². The van der Waals surface area contributed by atoms with Crippen molar-refractivity contribution in [3.8, 4) is 11.3 Å². The third-order valence-electron chi connectivity index (χ3n) is 5.64. The molecule has 0 unspecified atom stereocenters. The fraction of sp³-hybridized carbons (Fsp3) is 0.310. The third kappa shape index (κ3) is 7.26. The first-order valence-electron chi connectivity index (χ1n) is 12.3. The molecule has 1 saturated carbocycles. The molecule has 6 nitrogen and oxygen atoms in total. The number of benzene rings is 2. The Labute approximate surface area is 222 Å². The zero-order valence-corrected chi connectivity index (χ0v) is 22.5. The highest BCUT2D eigenvalue weighted by Gasteiger charge is 2.21. The number of carbonyl (C=O) groups is 1. The molecular formula is C29H33FN4O2S. The van der Waals surface area contributed by atoms with Gasteiger partial charge in [0, 0.05) is 41.7 Å². The van der Waals surface area contributed by atoms with Crippen molar-refractivity contribution in [2.24, 2.45) is 10.7 Å². The zero-order valence-electron chi connectivity index (χ0n) is 21.6. The maximum Gasteiger partial charge on any atom is 0.410 e. The van der Waals surface area contributed by atoms with Crippen LogP contribution in [0.4, 0.5) is 9.18 Å². The van der Waals surface area contributed by atoms with Gasteiger partial charge in [-0.2, -0.15) is 0 Å². The van der Waals surface area contributed by atoms with Gasteiger partial charge in [0.2, 0.25) is 0 Å². The first-order valence-corrected chi connectivity index (χ1v) is 13.0. The summed E-state index contributed by atoms with van der Waals surface area (Å²) in [5.74, 6) is -0.312. The number of allylic oxidation sites excluding steroid dienone is 1. The van der Waals surface area contributed by atoms with Crippen LogP contribution in [0.1, 0.15) is 44.7 Å². The molecule has 1 aliphatic carbocycles. The number of hydrogen-bond acceptors (Lipinski definition) is 5. The van der Waals surface area contributed by atoms with Crippen molar-refractivity contribution >= 4 is 29.8 Å². The van der Waals surface area contributed by atoms with Crippen LogP contribution in [-0.4, -0.2) is 39.9 Å². The summed E-state index contributed by atoms with van der Waals surface area (Å²) in [7, 11) is 1.69. The molecule has 0 saturated heterocycles. The van der Waals surface area contributed by atoms with E-state index in [1.807, 2.05) is 73.6 Å². The molecule has 4 rings (SSSR count). The van der Waals surface area contributed by atoms with Crippen LogP contribution in [0.15, 0.2) is 76.9 Å². The van der Waals surface area contributed by atoms with Crippen molar-refractivity contribution in [3.63, 3.8) is 0 Å². The molecule has 0 aliphatic heterocycles. The van der Waals surface area contributed by atoms with E-state index in [1.165, 1.54) is 22.9 Å². The highest BCUT2D eigenvalue weighted by Crippen LogP contribution is 2.33. The monoisotopic (exact) mass is 520 g/mol. The van der Waals surface area contributed by atoms with Gasteiger partial charge in [-0.3, -0.25) is 8.96 Å². The average molecular weight is 521 g/mol. The summed E-state index contributed by atoms with van der Waals surface area (Å²) in [6.07, 6.45) is 7.17. The van der Waals surface area contributed by atoms with Gasteiger partial charge in [-0.05, 0) is 87.0 Å². The van der Waals surface area contributed by atoms with E-state index in [2.05, 4.69) is 4.99 Å². The fourth-order valence-electron chi connectivity index (χ4n) is 3.67. The van der Waals surface area contributed by atoms with Crippen molar-refractivity contribution in [1.29, 1.82) is 0 Å². The number of aromatic nitrogens is 1. The lowest BCUT2D eigenvalue weighted by molar-refractivity contribution is 0.0285. The van der Waals surface area contributed by atoms with Crippen LogP contribution in [0.3, 0.4) is 0 Å². The Morgan fingerprint density at radius 3 is 2.65 bits per heavy atom. The average Bonchev–Trinajstić information content (AvgIpc) is 3.59. The van der Waals surface area contributed by atoms with Crippen molar-refractivity contribution in [2.75, 3.05) is 7.05 Å². The summed E-state index contributed by atoms with van der Waals surface area (Å²) in [6, 6.07) is 17.0. The molecule has 37 heavy (non-hydrogen) atoms. The van der Waals surface area contributed by atoms with E-state index in [0.29, 0.717) is 23.8 Å². The number of nitrogens with two attached hydrogens (primary N) is 1. The molecular weight excluding hydrogens is 487 g/mol. The minimum atomic E-state index is -0.587. The zero-order chi connectivity index (χ0) is 26.6. The molecule has 2 aromatic carbocycles. The lowest BCUT2D eigenvalue weighted by Gasteiger charge is -2.24. The van der Waals surface area contributed by atoms with Crippen LogP contribution in [-0.2, 0) is 11.3 Å². The molecule has 0 radical (unpaired) electrons. The predicted molar refractivity (Wildman–Crippen MR) is 149 cm³/mol. The van der Waals surface area contributed by atoms with E-state index in [-0.39, 0.29) is 5.82 Å². The van der Waals surface area contributed by atoms with E-state index < -0.39 is 11.7 Å². The highest BCUT2D eigenvalue weighted by molar-refractivity contribution is 7.98. The molecule has 1 amide bonds. The topological polar surface area (TPSA) is 72.8 Å². The Morgan fingerprint density at radius 1 is 1.22 bits per heavy atom. The quantitative estimate of drug-likeness (QED) is 0.334. The number of ether oxygens (including phenoxy) is 1. The summed E-state index contributed by atoms with van der Waals surface area (Å²) >= 11 is 1.47. The normalized spacial score (nSPS) is 14.2. The van der Waals surface area contributed by atoms with Crippen LogP contribution < -0.4 is 5.73 Å². The van der Waals surface area contributed by atoms with E-state index in [0.717, 1.165) is 34.4 Å². The molecule has 194 valence electrons. The van der Waals surface area contributed by atoms with Gasteiger partial charge >= 0.3 is 6.09 Å². The standard InChI is InChI=1S/C29H33FN4O2S/c1-29(2,3)36-28(35)33(4)18-20-14-27(25-10-5-6-11-26(25)30)34(19-20)37-24-9-7-8-21(15-24)22(16-31)17-32-23-12-13-23/h5-11,14-17,19,23H,12-13,18,31H2,1-4H3. The predicted octanol–water partition coefficient (Wildman–Crippen LogP) is 6.75. The molecule has 1 aromatic heterocycles. The SMILES string of the molecule is CN(Cc1cc(-c2ccccc2F)n(Sc2cccc(C(C=NC3CC3)=CN)c2)c1)C(=O)OC(C)(C)C. The maximum atomic E-state index is 14.8. The molecule has 8 heteroatoms. The lowest BCUT2D eigenvalue weighted by Crippen LogP contribution is -2.33. The van der Waals surface area contributed by atoms with Crippen molar-refractivity contribution in [2.45, 2.75) is 56.7 Å². The Morgan fingerprint density at radius 2 is 1.97 bits per heavy atom. The lowest BCUT2D eigenvalue weighted by atomic mass is 10.1. The second kappa shape index (κ2) is 11.3. The minimum Gasteiger partial charge on any atom is -0.444 e. The van der Waals surface area contributed by atoms with Crippen molar-refractivity contribution < 1.29 is 13.9 Å². The van der Waals surface area contributed by atoms with Crippen LogP contribution in [0.25, 0.3) is 16.8 Å². The Balaban J connectivity index is 1.62. The molecule has 0 atom stereocenters. The second-order valence-electron chi connectivity index (χ2n) is 10.1. The summed E-state index contributed by atoms with van der Waals surface area (Å²) in [5.41, 5.74) is 9.16. The fourth-order valence-corrected chi connectivity index (χ4v) is 4.66. The molecule has 1 heterocycles. The number of halogens is 1. The third-order valence-corrected chi connectivity index (χ3v) is 6.60. The van der Waals surface area contributed by atoms with Gasteiger partial charge in [0.25, 0.3) is 0 Å². The number of amides is 1. The molecule has 1 aliphatic rings. The van der Waals surface area contributed by atoms with Gasteiger partial charge in [0.05, 0.1) is 18.3 Å². The van der Waals surface area contributed by atoms with Gasteiger partial charge in [0.1, 0.15) is 11.4 Å². The Kier molecular flexibility index (Phi) is 8.07. The summed E-state index contributed by atoms with van der Waals surface area (Å²) < 4.78 is 22.2. The van der Waals surface area contributed by atoms with Gasteiger partial charge in [-0.1, -0.05) is 24.3 Å². The van der Waals surface area contributed by atoms with Crippen LogP contribution in [0.5, 0.6) is 0 Å². The molecule has 1 fully saturated rings. The summed E-state index contributed by atoms with van der Waals surface area (Å²) in [6.45, 7) is 5.82. The van der Waals surface area contributed by atoms with Crippen LogP contribution >= 0.6 is 11.9 Å². The number of rotatable bonds is 8. The van der Waals surface area contributed by atoms with Crippen LogP contribution in [0.2, 0.25) is 0 Å². The first kappa shape index (κ1) is 26.5. The van der Waals surface area contributed by atoms with Gasteiger partial charge in [-0.25, -0.2) is 9.18 Å². The summed E-state index contributed by atoms with van der Waals surface area (Å²) in [5, 5.41) is 0. The number of hydrogen-bond donors (Lipinski definition) is 1. The Hall–Kier alpha value is -3.52. The van der Waals surface area contributed by atoms with E-state index >= 15 is 0 Å². The number of aliphatic imine (C=N–C) groups is 1. The maximum absolute atomic E-state index is 14.8. The van der Waals surface area contributed by atoms with Crippen LogP contribution in [0, 0.1) is 5.82 Å². The molecule has 0 spiro atoms. The van der Waals surface area contributed by atoms with Gasteiger partial charge in [0.15, 0.2) is 0 Å². The minimum absolute atomic E-state index is 0.312. The van der Waals surface area contributed by atoms with Crippen molar-refractivity contribution in [3.05, 3.63) is 83.9 Å². The summed E-state index contributed by atoms with van der Waals surface area (Å²) in [4.78, 5) is 19.5. The van der Waals surface area contributed by atoms with E-state index in [4.69, 9.17) is 10.5 Å². The highest BCUT2D eigenvalue weighted by atomic mass is 32.2. The molecule has 2 N–H and O–H groups in total. The van der Waals surface area contributed by atoms with E-state index in [9.17, 15) is 9.18 Å². The largest absolute Gasteiger partial charge is 0.444 e. The number of nitrogens with zero attached hydrogens (tertiary/aromatic N) is 3. The first-order chi connectivity index (χ1) is 17.6. The Bertz CT molecular complexity index is 1320. The van der Waals surface area contributed by atoms with Gasteiger partial charge in [-0.15, -0.1) is 0 Å². The number of carbonyl (C=O) groups excluding carboxylic acids is 1. The molecule has 0 bridgehead atoms.